The van der Waals surface area contributed by atoms with Gasteiger partial charge in [-0.2, -0.15) is 5.10 Å². The van der Waals surface area contributed by atoms with E-state index in [1.54, 1.807) is 13.1 Å². The third-order valence-corrected chi connectivity index (χ3v) is 5.36. The van der Waals surface area contributed by atoms with Crippen LogP contribution in [0.25, 0.3) is 0 Å². The monoisotopic (exact) mass is 332 g/mol. The molecular formula is C18H28N4O2. The predicted molar refractivity (Wildman–Crippen MR) is 91.1 cm³/mol. The summed E-state index contributed by atoms with van der Waals surface area (Å²) >= 11 is 0. The van der Waals surface area contributed by atoms with E-state index in [4.69, 9.17) is 0 Å². The summed E-state index contributed by atoms with van der Waals surface area (Å²) in [4.78, 5) is 26.9. The molecule has 2 heterocycles. The maximum Gasteiger partial charge on any atom is 0.245 e. The van der Waals surface area contributed by atoms with Crippen molar-refractivity contribution < 1.29 is 9.59 Å². The SMILES string of the molecule is CC(NC(=O)CC1CCCCC1)C(=O)N1CCCC1c1ccn[nH]1. The Kier molecular flexibility index (Phi) is 5.53. The number of carbonyl (C=O) groups is 2. The van der Waals surface area contributed by atoms with Gasteiger partial charge in [-0.1, -0.05) is 19.3 Å². The average molecular weight is 332 g/mol. The standard InChI is InChI=1S/C18H28N4O2/c1-13(20-17(23)12-14-6-3-2-4-7-14)18(24)22-11-5-8-16(22)15-9-10-19-21-15/h9-10,13-14,16H,2-8,11-12H2,1H3,(H,19,21)(H,20,23). The van der Waals surface area contributed by atoms with Crippen LogP contribution in [0.4, 0.5) is 0 Å². The number of likely N-dealkylation sites (tertiary alicyclic amines) is 1. The number of hydrogen-bond acceptors (Lipinski definition) is 3. The summed E-state index contributed by atoms with van der Waals surface area (Å²) in [5.41, 5.74) is 0.974. The summed E-state index contributed by atoms with van der Waals surface area (Å²) in [6, 6.07) is 1.50. The second-order valence-corrected chi connectivity index (χ2v) is 7.20. The molecule has 0 spiro atoms. The first-order valence-electron chi connectivity index (χ1n) is 9.24. The number of nitrogens with zero attached hydrogens (tertiary/aromatic N) is 2. The van der Waals surface area contributed by atoms with Crippen molar-refractivity contribution >= 4 is 11.8 Å². The van der Waals surface area contributed by atoms with Crippen LogP contribution in [0.5, 0.6) is 0 Å². The fourth-order valence-corrected chi connectivity index (χ4v) is 4.07. The molecule has 1 saturated carbocycles. The number of H-pyrrole nitrogens is 1. The van der Waals surface area contributed by atoms with E-state index >= 15 is 0 Å². The van der Waals surface area contributed by atoms with Gasteiger partial charge in [0.1, 0.15) is 6.04 Å². The molecule has 2 N–H and O–H groups in total. The average Bonchev–Trinajstić information content (AvgIpc) is 3.25. The zero-order valence-electron chi connectivity index (χ0n) is 14.5. The largest absolute Gasteiger partial charge is 0.345 e. The Morgan fingerprint density at radius 3 is 2.79 bits per heavy atom. The van der Waals surface area contributed by atoms with Gasteiger partial charge in [-0.25, -0.2) is 0 Å². The summed E-state index contributed by atoms with van der Waals surface area (Å²) in [5, 5.41) is 9.87. The first-order valence-corrected chi connectivity index (χ1v) is 9.24. The van der Waals surface area contributed by atoms with Crippen LogP contribution in [0, 0.1) is 5.92 Å². The highest BCUT2D eigenvalue weighted by Crippen LogP contribution is 2.31. The highest BCUT2D eigenvalue weighted by molar-refractivity contribution is 5.87. The molecule has 2 atom stereocenters. The maximum atomic E-state index is 12.8. The van der Waals surface area contributed by atoms with Crippen LogP contribution < -0.4 is 5.32 Å². The molecule has 2 fully saturated rings. The van der Waals surface area contributed by atoms with Gasteiger partial charge in [-0.05, 0) is 44.6 Å². The van der Waals surface area contributed by atoms with E-state index in [1.165, 1.54) is 19.3 Å². The lowest BCUT2D eigenvalue weighted by Crippen LogP contribution is -2.47. The van der Waals surface area contributed by atoms with Crippen molar-refractivity contribution in [1.82, 2.24) is 20.4 Å². The van der Waals surface area contributed by atoms with Crippen LogP contribution in [0.2, 0.25) is 0 Å². The Hall–Kier alpha value is -1.85. The summed E-state index contributed by atoms with van der Waals surface area (Å²) in [6.07, 6.45) is 10.2. The third-order valence-electron chi connectivity index (χ3n) is 5.36. The molecule has 3 rings (SSSR count). The maximum absolute atomic E-state index is 12.8. The second kappa shape index (κ2) is 7.81. The van der Waals surface area contributed by atoms with Crippen molar-refractivity contribution in [1.29, 1.82) is 0 Å². The fourth-order valence-electron chi connectivity index (χ4n) is 4.07. The Bertz CT molecular complexity index is 551. The molecule has 6 nitrogen and oxygen atoms in total. The van der Waals surface area contributed by atoms with E-state index in [9.17, 15) is 9.59 Å². The van der Waals surface area contributed by atoms with Crippen LogP contribution in [0.15, 0.2) is 12.3 Å². The molecule has 1 aromatic rings. The zero-order valence-corrected chi connectivity index (χ0v) is 14.5. The van der Waals surface area contributed by atoms with E-state index in [0.717, 1.165) is 37.9 Å². The minimum Gasteiger partial charge on any atom is -0.345 e. The van der Waals surface area contributed by atoms with E-state index < -0.39 is 6.04 Å². The van der Waals surface area contributed by atoms with Gasteiger partial charge in [-0.3, -0.25) is 14.7 Å². The Morgan fingerprint density at radius 2 is 2.08 bits per heavy atom. The molecule has 1 aliphatic heterocycles. The van der Waals surface area contributed by atoms with Gasteiger partial charge in [0.05, 0.1) is 11.7 Å². The van der Waals surface area contributed by atoms with Crippen LogP contribution >= 0.6 is 0 Å². The molecule has 2 unspecified atom stereocenters. The fraction of sp³-hybridized carbons (Fsp3) is 0.722. The normalized spacial score (nSPS) is 23.2. The van der Waals surface area contributed by atoms with Crippen LogP contribution in [-0.2, 0) is 9.59 Å². The number of aromatic amines is 1. The quantitative estimate of drug-likeness (QED) is 0.870. The van der Waals surface area contributed by atoms with Gasteiger partial charge in [0.25, 0.3) is 0 Å². The lowest BCUT2D eigenvalue weighted by Gasteiger charge is -2.28. The molecule has 132 valence electrons. The lowest BCUT2D eigenvalue weighted by molar-refractivity contribution is -0.137. The van der Waals surface area contributed by atoms with Crippen molar-refractivity contribution in [2.75, 3.05) is 6.54 Å². The summed E-state index contributed by atoms with van der Waals surface area (Å²) in [7, 11) is 0. The molecule has 1 aliphatic carbocycles. The number of hydrogen-bond donors (Lipinski definition) is 2. The van der Waals surface area contributed by atoms with E-state index in [-0.39, 0.29) is 17.9 Å². The Morgan fingerprint density at radius 1 is 1.29 bits per heavy atom. The molecule has 2 amide bonds. The van der Waals surface area contributed by atoms with Crippen molar-refractivity contribution in [3.63, 3.8) is 0 Å². The lowest BCUT2D eigenvalue weighted by atomic mass is 9.87. The van der Waals surface area contributed by atoms with Gasteiger partial charge in [0, 0.05) is 19.2 Å². The summed E-state index contributed by atoms with van der Waals surface area (Å²) in [6.45, 7) is 2.54. The molecule has 1 saturated heterocycles. The smallest absolute Gasteiger partial charge is 0.245 e. The minimum absolute atomic E-state index is 0.00379. The number of amides is 2. The topological polar surface area (TPSA) is 78.1 Å². The predicted octanol–water partition coefficient (Wildman–Crippen LogP) is 2.55. The van der Waals surface area contributed by atoms with Gasteiger partial charge >= 0.3 is 0 Å². The molecule has 0 aromatic carbocycles. The first-order chi connectivity index (χ1) is 11.6. The van der Waals surface area contributed by atoms with Crippen molar-refractivity contribution in [3.05, 3.63) is 18.0 Å². The molecule has 24 heavy (non-hydrogen) atoms. The van der Waals surface area contributed by atoms with E-state index in [1.807, 2.05) is 11.0 Å². The van der Waals surface area contributed by atoms with Gasteiger partial charge in [-0.15, -0.1) is 0 Å². The number of rotatable bonds is 5. The van der Waals surface area contributed by atoms with Crippen molar-refractivity contribution in [3.8, 4) is 0 Å². The zero-order chi connectivity index (χ0) is 16.9. The molecule has 6 heteroatoms. The highest BCUT2D eigenvalue weighted by atomic mass is 16.2. The van der Waals surface area contributed by atoms with Crippen LogP contribution in [0.3, 0.4) is 0 Å². The summed E-state index contributed by atoms with van der Waals surface area (Å²) in [5.74, 6) is 0.509. The number of aromatic nitrogens is 2. The molecule has 2 aliphatic rings. The first kappa shape index (κ1) is 17.0. The Balaban J connectivity index is 1.53. The minimum atomic E-state index is -0.468. The number of nitrogens with one attached hydrogen (secondary N) is 2. The highest BCUT2D eigenvalue weighted by Gasteiger charge is 2.33. The molecule has 0 radical (unpaired) electrons. The summed E-state index contributed by atoms with van der Waals surface area (Å²) < 4.78 is 0. The Labute approximate surface area is 143 Å². The molecular weight excluding hydrogens is 304 g/mol. The molecule has 0 bridgehead atoms. The molecule has 1 aromatic heterocycles. The number of carbonyl (C=O) groups excluding carboxylic acids is 2. The van der Waals surface area contributed by atoms with Crippen molar-refractivity contribution in [2.24, 2.45) is 5.92 Å². The van der Waals surface area contributed by atoms with Crippen molar-refractivity contribution in [2.45, 2.75) is 70.4 Å². The van der Waals surface area contributed by atoms with Gasteiger partial charge in [0.2, 0.25) is 11.8 Å². The van der Waals surface area contributed by atoms with E-state index in [0.29, 0.717) is 12.3 Å². The van der Waals surface area contributed by atoms with Gasteiger partial charge < -0.3 is 10.2 Å². The van der Waals surface area contributed by atoms with Gasteiger partial charge in [0.15, 0.2) is 0 Å². The van der Waals surface area contributed by atoms with Crippen LogP contribution in [-0.4, -0.2) is 39.5 Å². The van der Waals surface area contributed by atoms with E-state index in [2.05, 4.69) is 15.5 Å². The second-order valence-electron chi connectivity index (χ2n) is 7.20. The van der Waals surface area contributed by atoms with Crippen LogP contribution in [0.1, 0.15) is 70.0 Å². The third kappa shape index (κ3) is 3.97.